The Morgan fingerprint density at radius 1 is 0.618 bits per heavy atom. The molecule has 0 amide bonds. The SMILES string of the molecule is O=S(=O)(Oc1cc2cc3ccc(cc4nc(cc5nc(cc1[nH]2)C=C5)C=C4)[nH]3)c1ccccc1. The summed E-state index contributed by atoms with van der Waals surface area (Å²) in [7, 11) is -4.01. The van der Waals surface area contributed by atoms with Crippen LogP contribution in [0, 0.1) is 0 Å². The summed E-state index contributed by atoms with van der Waals surface area (Å²) in [6.45, 7) is 0. The third-order valence-corrected chi connectivity index (χ3v) is 6.61. The van der Waals surface area contributed by atoms with E-state index >= 15 is 0 Å². The molecule has 8 heteroatoms. The van der Waals surface area contributed by atoms with Crippen LogP contribution in [0.25, 0.3) is 46.4 Å². The van der Waals surface area contributed by atoms with Crippen LogP contribution in [0.3, 0.4) is 0 Å². The van der Waals surface area contributed by atoms with Crippen LogP contribution in [0.4, 0.5) is 0 Å². The van der Waals surface area contributed by atoms with E-state index in [1.54, 1.807) is 30.3 Å². The van der Waals surface area contributed by atoms with Gasteiger partial charge in [-0.3, -0.25) is 0 Å². The summed E-state index contributed by atoms with van der Waals surface area (Å²) in [5.74, 6) is 0.188. The van der Waals surface area contributed by atoms with E-state index in [2.05, 4.69) is 19.9 Å². The highest BCUT2D eigenvalue weighted by molar-refractivity contribution is 7.87. The first kappa shape index (κ1) is 20.2. The van der Waals surface area contributed by atoms with Crippen LogP contribution in [0.15, 0.2) is 77.7 Å². The molecule has 0 saturated carbocycles. The normalized spacial score (nSPS) is 12.7. The Balaban J connectivity index is 1.57. The second-order valence-electron chi connectivity index (χ2n) is 7.89. The predicted octanol–water partition coefficient (Wildman–Crippen LogP) is 5.42. The molecule has 4 aromatic rings. The topological polar surface area (TPSA) is 101 Å². The van der Waals surface area contributed by atoms with Crippen molar-refractivity contribution in [1.29, 1.82) is 0 Å². The summed E-state index contributed by atoms with van der Waals surface area (Å²) in [6, 6.07) is 21.1. The van der Waals surface area contributed by atoms with Gasteiger partial charge in [0.05, 0.1) is 28.3 Å². The van der Waals surface area contributed by atoms with Gasteiger partial charge >= 0.3 is 10.1 Å². The average molecular weight is 467 g/mol. The maximum Gasteiger partial charge on any atom is 0.339 e. The quantitative estimate of drug-likeness (QED) is 0.339. The molecule has 1 aromatic carbocycles. The highest BCUT2D eigenvalue weighted by atomic mass is 32.2. The van der Waals surface area contributed by atoms with Crippen LogP contribution < -0.4 is 4.18 Å². The summed E-state index contributed by atoms with van der Waals surface area (Å²) in [4.78, 5) is 15.9. The maximum absolute atomic E-state index is 12.9. The van der Waals surface area contributed by atoms with Crippen LogP contribution in [-0.2, 0) is 10.1 Å². The van der Waals surface area contributed by atoms with Gasteiger partial charge in [0.2, 0.25) is 0 Å². The van der Waals surface area contributed by atoms with E-state index in [9.17, 15) is 8.42 Å². The number of rotatable bonds is 3. The number of hydrogen-bond donors (Lipinski definition) is 2. The Morgan fingerprint density at radius 2 is 1.24 bits per heavy atom. The van der Waals surface area contributed by atoms with Crippen molar-refractivity contribution in [3.63, 3.8) is 0 Å². The molecule has 3 aromatic heterocycles. The Bertz CT molecular complexity index is 1750. The smallest absolute Gasteiger partial charge is 0.339 e. The molecule has 34 heavy (non-hydrogen) atoms. The standard InChI is InChI=1S/C26H18N4O3S/c31-34(32,24-4-2-1-3-5-24)33-26-16-23-14-21-9-8-19(28-21)12-17-6-7-18(27-17)13-20-10-11-22(29-20)15-25(26)30-23/h1-16,28,30H. The van der Waals surface area contributed by atoms with Crippen molar-refractivity contribution in [2.24, 2.45) is 0 Å². The summed E-state index contributed by atoms with van der Waals surface area (Å²) in [5.41, 5.74) is 5.98. The van der Waals surface area contributed by atoms with E-state index in [4.69, 9.17) is 4.18 Å². The number of nitrogens with one attached hydrogen (secondary N) is 2. The molecule has 0 saturated heterocycles. The Morgan fingerprint density at radius 3 is 1.94 bits per heavy atom. The van der Waals surface area contributed by atoms with E-state index in [0.29, 0.717) is 16.7 Å². The van der Waals surface area contributed by atoms with Gasteiger partial charge in [-0.25, -0.2) is 9.97 Å². The summed E-state index contributed by atoms with van der Waals surface area (Å²) >= 11 is 0. The molecule has 0 unspecified atom stereocenters. The lowest BCUT2D eigenvalue weighted by Crippen LogP contribution is -2.09. The summed E-state index contributed by atoms with van der Waals surface area (Å²) in [6.07, 6.45) is 7.64. The summed E-state index contributed by atoms with van der Waals surface area (Å²) < 4.78 is 31.3. The third kappa shape index (κ3) is 4.02. The summed E-state index contributed by atoms with van der Waals surface area (Å²) in [5, 5.41) is 0. The van der Waals surface area contributed by atoms with Crippen molar-refractivity contribution in [3.8, 4) is 5.75 Å². The zero-order valence-electron chi connectivity index (χ0n) is 17.8. The molecule has 166 valence electrons. The van der Waals surface area contributed by atoms with Gasteiger partial charge in [0.15, 0.2) is 5.75 Å². The highest BCUT2D eigenvalue weighted by Crippen LogP contribution is 2.27. The average Bonchev–Trinajstić information content (AvgIpc) is 3.60. The molecule has 0 radical (unpaired) electrons. The molecular weight excluding hydrogens is 448 g/mol. The zero-order valence-corrected chi connectivity index (χ0v) is 18.6. The van der Waals surface area contributed by atoms with Crippen LogP contribution >= 0.6 is 0 Å². The van der Waals surface area contributed by atoms with E-state index in [1.165, 1.54) is 12.1 Å². The molecule has 0 spiro atoms. The molecule has 0 atom stereocenters. The van der Waals surface area contributed by atoms with Gasteiger partial charge in [0.25, 0.3) is 0 Å². The second-order valence-corrected chi connectivity index (χ2v) is 9.44. The number of H-pyrrole nitrogens is 2. The first-order chi connectivity index (χ1) is 16.5. The molecule has 2 aliphatic rings. The highest BCUT2D eigenvalue weighted by Gasteiger charge is 2.18. The van der Waals surface area contributed by atoms with Crippen LogP contribution in [0.5, 0.6) is 5.75 Å². The second kappa shape index (κ2) is 7.86. The lowest BCUT2D eigenvalue weighted by Gasteiger charge is -2.05. The molecule has 0 fully saturated rings. The van der Waals surface area contributed by atoms with Gasteiger partial charge in [-0.2, -0.15) is 8.42 Å². The van der Waals surface area contributed by atoms with Crippen molar-refractivity contribution in [2.45, 2.75) is 4.90 Å². The lowest BCUT2D eigenvalue weighted by molar-refractivity contribution is 0.489. The molecule has 7 nitrogen and oxygen atoms in total. The van der Waals surface area contributed by atoms with Crippen molar-refractivity contribution >= 4 is 56.5 Å². The molecule has 2 N–H and O–H groups in total. The van der Waals surface area contributed by atoms with E-state index in [0.717, 1.165) is 28.1 Å². The Labute approximate surface area is 195 Å². The predicted molar refractivity (Wildman–Crippen MR) is 133 cm³/mol. The maximum atomic E-state index is 12.9. The first-order valence-electron chi connectivity index (χ1n) is 10.6. The Hall–Kier alpha value is -4.43. The zero-order chi connectivity index (χ0) is 23.1. The molecule has 8 bridgehead atoms. The van der Waals surface area contributed by atoms with Crippen molar-refractivity contribution in [1.82, 2.24) is 19.9 Å². The van der Waals surface area contributed by atoms with Gasteiger partial charge < -0.3 is 14.2 Å². The lowest BCUT2D eigenvalue weighted by atomic mass is 10.3. The van der Waals surface area contributed by atoms with E-state index in [-0.39, 0.29) is 10.6 Å². The molecule has 2 aliphatic heterocycles. The number of benzene rings is 1. The third-order valence-electron chi connectivity index (χ3n) is 5.36. The number of aromatic amines is 2. The number of hydrogen-bond acceptors (Lipinski definition) is 5. The van der Waals surface area contributed by atoms with E-state index in [1.807, 2.05) is 54.6 Å². The van der Waals surface area contributed by atoms with Crippen molar-refractivity contribution in [3.05, 3.63) is 95.6 Å². The van der Waals surface area contributed by atoms with Crippen LogP contribution in [0.2, 0.25) is 0 Å². The van der Waals surface area contributed by atoms with Gasteiger partial charge in [0, 0.05) is 22.6 Å². The van der Waals surface area contributed by atoms with Gasteiger partial charge in [-0.05, 0) is 72.8 Å². The fourth-order valence-electron chi connectivity index (χ4n) is 3.81. The van der Waals surface area contributed by atoms with Gasteiger partial charge in [-0.1, -0.05) is 18.2 Å². The monoisotopic (exact) mass is 466 g/mol. The van der Waals surface area contributed by atoms with Gasteiger partial charge in [-0.15, -0.1) is 0 Å². The fraction of sp³-hybridized carbons (Fsp3) is 0. The van der Waals surface area contributed by atoms with E-state index < -0.39 is 10.1 Å². The largest absolute Gasteiger partial charge is 0.377 e. The van der Waals surface area contributed by atoms with Crippen molar-refractivity contribution in [2.75, 3.05) is 0 Å². The molecule has 0 aliphatic carbocycles. The first-order valence-corrected chi connectivity index (χ1v) is 12.0. The minimum absolute atomic E-state index is 0.0836. The fourth-order valence-corrected chi connectivity index (χ4v) is 4.78. The number of nitrogens with zero attached hydrogens (tertiary/aromatic N) is 2. The minimum Gasteiger partial charge on any atom is -0.377 e. The van der Waals surface area contributed by atoms with Crippen LogP contribution in [0.1, 0.15) is 22.8 Å². The molecular formula is C26H18N4O3S. The number of fused-ring (bicyclic) bond motifs is 8. The Kier molecular flexibility index (Phi) is 4.67. The van der Waals surface area contributed by atoms with Crippen LogP contribution in [-0.4, -0.2) is 28.4 Å². The molecule has 5 heterocycles. The molecule has 6 rings (SSSR count). The van der Waals surface area contributed by atoms with Gasteiger partial charge in [0.1, 0.15) is 4.90 Å². The minimum atomic E-state index is -4.01. The van der Waals surface area contributed by atoms with Crippen molar-refractivity contribution < 1.29 is 12.6 Å². The number of aromatic nitrogens is 4.